The smallest absolute Gasteiger partial charge is 0.0102 e. The van der Waals surface area contributed by atoms with Crippen molar-refractivity contribution < 1.29 is 0 Å². The van der Waals surface area contributed by atoms with E-state index in [-0.39, 0.29) is 0 Å². The Kier molecular flexibility index (Phi) is 2.73. The molecular formula is C13H24N2. The van der Waals surface area contributed by atoms with Gasteiger partial charge in [0.1, 0.15) is 0 Å². The van der Waals surface area contributed by atoms with Crippen LogP contribution in [0.5, 0.6) is 0 Å². The van der Waals surface area contributed by atoms with Crippen molar-refractivity contribution in [3.05, 3.63) is 0 Å². The van der Waals surface area contributed by atoms with E-state index >= 15 is 0 Å². The van der Waals surface area contributed by atoms with E-state index in [2.05, 4.69) is 4.90 Å². The van der Waals surface area contributed by atoms with Gasteiger partial charge in [-0.1, -0.05) is 12.8 Å². The van der Waals surface area contributed by atoms with Crippen molar-refractivity contribution in [3.8, 4) is 0 Å². The molecule has 2 heterocycles. The minimum Gasteiger partial charge on any atom is -0.330 e. The zero-order valence-corrected chi connectivity index (χ0v) is 9.70. The van der Waals surface area contributed by atoms with Crippen molar-refractivity contribution >= 4 is 0 Å². The first-order valence-corrected chi connectivity index (χ1v) is 6.84. The predicted molar refractivity (Wildman–Crippen MR) is 62.6 cm³/mol. The van der Waals surface area contributed by atoms with Crippen LogP contribution < -0.4 is 5.73 Å². The first-order chi connectivity index (χ1) is 7.38. The molecule has 0 aromatic rings. The van der Waals surface area contributed by atoms with Crippen LogP contribution in [-0.2, 0) is 0 Å². The maximum atomic E-state index is 5.87. The molecule has 2 bridgehead atoms. The standard InChI is InChI=1S/C13H24N2/c14-8-11-7-13-6-5-10(11)9-15(13)12-3-1-2-4-12/h10-13H,1-9,14H2. The highest BCUT2D eigenvalue weighted by Gasteiger charge is 2.42. The minimum absolute atomic E-state index is 0.849. The van der Waals surface area contributed by atoms with Gasteiger partial charge in [-0.15, -0.1) is 0 Å². The van der Waals surface area contributed by atoms with Gasteiger partial charge in [-0.3, -0.25) is 4.90 Å². The molecule has 2 heteroatoms. The molecule has 15 heavy (non-hydrogen) atoms. The lowest BCUT2D eigenvalue weighted by Gasteiger charge is -2.51. The van der Waals surface area contributed by atoms with Crippen LogP contribution in [0, 0.1) is 11.8 Å². The van der Waals surface area contributed by atoms with Crippen LogP contribution >= 0.6 is 0 Å². The fraction of sp³-hybridized carbons (Fsp3) is 1.00. The van der Waals surface area contributed by atoms with Crippen LogP contribution in [0.25, 0.3) is 0 Å². The molecule has 4 fully saturated rings. The molecule has 0 aromatic carbocycles. The molecule has 2 aliphatic carbocycles. The fourth-order valence-corrected chi connectivity index (χ4v) is 4.24. The van der Waals surface area contributed by atoms with Gasteiger partial charge in [0.05, 0.1) is 0 Å². The van der Waals surface area contributed by atoms with Crippen molar-refractivity contribution in [3.63, 3.8) is 0 Å². The van der Waals surface area contributed by atoms with Gasteiger partial charge in [-0.25, -0.2) is 0 Å². The Balaban J connectivity index is 1.68. The van der Waals surface area contributed by atoms with E-state index in [9.17, 15) is 0 Å². The summed E-state index contributed by atoms with van der Waals surface area (Å²) in [5.74, 6) is 1.78. The highest BCUT2D eigenvalue weighted by molar-refractivity contribution is 4.96. The number of piperidine rings is 2. The second-order valence-corrected chi connectivity index (χ2v) is 5.86. The van der Waals surface area contributed by atoms with Gasteiger partial charge in [-0.05, 0) is 50.5 Å². The summed E-state index contributed by atoms with van der Waals surface area (Å²) >= 11 is 0. The summed E-state index contributed by atoms with van der Waals surface area (Å²) in [4.78, 5) is 2.85. The molecule has 0 amide bonds. The van der Waals surface area contributed by atoms with E-state index in [0.29, 0.717) is 0 Å². The monoisotopic (exact) mass is 208 g/mol. The lowest BCUT2D eigenvalue weighted by atomic mass is 9.71. The van der Waals surface area contributed by atoms with E-state index in [1.807, 2.05) is 0 Å². The van der Waals surface area contributed by atoms with E-state index in [4.69, 9.17) is 5.73 Å². The summed E-state index contributed by atoms with van der Waals surface area (Å²) < 4.78 is 0. The highest BCUT2D eigenvalue weighted by Crippen LogP contribution is 2.42. The first-order valence-electron chi connectivity index (χ1n) is 6.84. The van der Waals surface area contributed by atoms with Crippen LogP contribution in [0.15, 0.2) is 0 Å². The van der Waals surface area contributed by atoms with Gasteiger partial charge >= 0.3 is 0 Å². The lowest BCUT2D eigenvalue weighted by Crippen LogP contribution is -2.56. The van der Waals surface area contributed by atoms with Crippen molar-refractivity contribution in [2.24, 2.45) is 17.6 Å². The fourth-order valence-electron chi connectivity index (χ4n) is 4.24. The Bertz CT molecular complexity index is 223. The van der Waals surface area contributed by atoms with E-state index in [1.54, 1.807) is 0 Å². The first kappa shape index (κ1) is 10.1. The van der Waals surface area contributed by atoms with Crippen LogP contribution in [0.3, 0.4) is 0 Å². The molecule has 4 aliphatic rings. The van der Waals surface area contributed by atoms with Crippen LogP contribution in [0.4, 0.5) is 0 Å². The third-order valence-corrected chi connectivity index (χ3v) is 5.12. The molecule has 3 unspecified atom stereocenters. The summed E-state index contributed by atoms with van der Waals surface area (Å²) in [6, 6.07) is 1.84. The number of hydrogen-bond donors (Lipinski definition) is 1. The summed E-state index contributed by atoms with van der Waals surface area (Å²) in [7, 11) is 0. The van der Waals surface area contributed by atoms with Crippen molar-refractivity contribution in [2.45, 2.75) is 57.0 Å². The van der Waals surface area contributed by atoms with Gasteiger partial charge in [-0.2, -0.15) is 0 Å². The molecule has 2 aliphatic heterocycles. The molecule has 86 valence electrons. The van der Waals surface area contributed by atoms with Gasteiger partial charge in [0.25, 0.3) is 0 Å². The second kappa shape index (κ2) is 4.06. The number of hydrogen-bond acceptors (Lipinski definition) is 2. The normalized spacial score (nSPS) is 42.6. The summed E-state index contributed by atoms with van der Waals surface area (Å²) in [6.45, 7) is 2.30. The molecule has 4 rings (SSSR count). The molecular weight excluding hydrogens is 184 g/mol. The van der Waals surface area contributed by atoms with Gasteiger partial charge in [0, 0.05) is 18.6 Å². The van der Waals surface area contributed by atoms with Gasteiger partial charge in [0.2, 0.25) is 0 Å². The molecule has 2 N–H and O–H groups in total. The summed E-state index contributed by atoms with van der Waals surface area (Å²) in [5, 5.41) is 0. The van der Waals surface area contributed by atoms with Crippen LogP contribution in [0.1, 0.15) is 44.9 Å². The third-order valence-electron chi connectivity index (χ3n) is 5.12. The maximum absolute atomic E-state index is 5.87. The minimum atomic E-state index is 0.849. The van der Waals surface area contributed by atoms with Crippen LogP contribution in [-0.4, -0.2) is 30.1 Å². The average Bonchev–Trinajstić information content (AvgIpc) is 2.82. The Labute approximate surface area is 93.2 Å². The number of nitrogens with two attached hydrogens (primary N) is 1. The van der Waals surface area contributed by atoms with Crippen molar-refractivity contribution in [2.75, 3.05) is 13.1 Å². The maximum Gasteiger partial charge on any atom is 0.0102 e. The van der Waals surface area contributed by atoms with Gasteiger partial charge < -0.3 is 5.73 Å². The second-order valence-electron chi connectivity index (χ2n) is 5.86. The predicted octanol–water partition coefficient (Wildman–Crippen LogP) is 1.99. The molecule has 0 spiro atoms. The largest absolute Gasteiger partial charge is 0.330 e. The SMILES string of the molecule is NCC1CC2CCC1CN2C1CCCC1. The zero-order valence-electron chi connectivity index (χ0n) is 9.70. The van der Waals surface area contributed by atoms with Crippen molar-refractivity contribution in [1.82, 2.24) is 4.90 Å². The number of rotatable bonds is 2. The topological polar surface area (TPSA) is 29.3 Å². The van der Waals surface area contributed by atoms with Crippen molar-refractivity contribution in [1.29, 1.82) is 0 Å². The zero-order chi connectivity index (χ0) is 10.3. The highest BCUT2D eigenvalue weighted by atomic mass is 15.2. The quantitative estimate of drug-likeness (QED) is 0.752. The average molecular weight is 208 g/mol. The van der Waals surface area contributed by atoms with Crippen LogP contribution in [0.2, 0.25) is 0 Å². The Morgan fingerprint density at radius 2 is 1.80 bits per heavy atom. The Hall–Kier alpha value is -0.0800. The number of fused-ring (bicyclic) bond motifs is 3. The molecule has 0 radical (unpaired) electrons. The van der Waals surface area contributed by atoms with E-state index in [0.717, 1.165) is 30.5 Å². The molecule has 0 aromatic heterocycles. The summed E-state index contributed by atoms with van der Waals surface area (Å²) in [6.07, 6.45) is 10.2. The molecule has 2 nitrogen and oxygen atoms in total. The Morgan fingerprint density at radius 3 is 2.40 bits per heavy atom. The Morgan fingerprint density at radius 1 is 1.00 bits per heavy atom. The molecule has 2 saturated carbocycles. The summed E-state index contributed by atoms with van der Waals surface area (Å²) in [5.41, 5.74) is 5.87. The molecule has 3 atom stereocenters. The van der Waals surface area contributed by atoms with Gasteiger partial charge in [0.15, 0.2) is 0 Å². The third kappa shape index (κ3) is 1.72. The lowest BCUT2D eigenvalue weighted by molar-refractivity contribution is -0.0182. The van der Waals surface area contributed by atoms with E-state index < -0.39 is 0 Å². The number of nitrogens with zero attached hydrogens (tertiary/aromatic N) is 1. The molecule has 2 saturated heterocycles. The van der Waals surface area contributed by atoms with E-state index in [1.165, 1.54) is 51.5 Å².